The van der Waals surface area contributed by atoms with Gasteiger partial charge in [-0.05, 0) is 13.8 Å². The van der Waals surface area contributed by atoms with Crippen molar-refractivity contribution in [2.24, 2.45) is 4.99 Å². The second-order valence-electron chi connectivity index (χ2n) is 3.34. The van der Waals surface area contributed by atoms with Gasteiger partial charge in [0, 0.05) is 13.6 Å². The van der Waals surface area contributed by atoms with Crippen LogP contribution in [0.15, 0.2) is 22.1 Å². The third kappa shape index (κ3) is 5.20. The highest BCUT2D eigenvalue weighted by molar-refractivity contribution is 14.0. The SMILES string of the molecule is C=CCNC(=NC)NCc1nc(C)c(C)o1.I. The van der Waals surface area contributed by atoms with Gasteiger partial charge in [0.25, 0.3) is 0 Å². The summed E-state index contributed by atoms with van der Waals surface area (Å²) >= 11 is 0. The van der Waals surface area contributed by atoms with Crippen molar-refractivity contribution in [2.75, 3.05) is 13.6 Å². The molecular formula is C11H19IN4O. The fourth-order valence-electron chi connectivity index (χ4n) is 1.16. The first-order valence-electron chi connectivity index (χ1n) is 5.15. The van der Waals surface area contributed by atoms with E-state index in [4.69, 9.17) is 4.42 Å². The predicted molar refractivity (Wildman–Crippen MR) is 79.8 cm³/mol. The molecule has 1 rings (SSSR count). The highest BCUT2D eigenvalue weighted by Gasteiger charge is 2.05. The zero-order chi connectivity index (χ0) is 12.0. The maximum absolute atomic E-state index is 5.44. The van der Waals surface area contributed by atoms with Crippen LogP contribution < -0.4 is 10.6 Å². The van der Waals surface area contributed by atoms with Crippen LogP contribution in [0, 0.1) is 13.8 Å². The molecule has 0 spiro atoms. The van der Waals surface area contributed by atoms with Crippen molar-refractivity contribution < 1.29 is 4.42 Å². The first kappa shape index (κ1) is 16.0. The van der Waals surface area contributed by atoms with E-state index < -0.39 is 0 Å². The minimum Gasteiger partial charge on any atom is -0.444 e. The van der Waals surface area contributed by atoms with Crippen molar-refractivity contribution in [3.05, 3.63) is 30.0 Å². The van der Waals surface area contributed by atoms with Crippen molar-refractivity contribution in [1.29, 1.82) is 0 Å². The Morgan fingerprint density at radius 3 is 2.65 bits per heavy atom. The molecule has 5 nitrogen and oxygen atoms in total. The molecule has 96 valence electrons. The van der Waals surface area contributed by atoms with Crippen LogP contribution in [-0.2, 0) is 6.54 Å². The van der Waals surface area contributed by atoms with Crippen LogP contribution in [0.5, 0.6) is 0 Å². The van der Waals surface area contributed by atoms with Crippen LogP contribution >= 0.6 is 24.0 Å². The number of halogens is 1. The topological polar surface area (TPSA) is 62.5 Å². The van der Waals surface area contributed by atoms with Gasteiger partial charge < -0.3 is 15.1 Å². The number of hydrogen-bond acceptors (Lipinski definition) is 3. The van der Waals surface area contributed by atoms with Crippen LogP contribution in [0.4, 0.5) is 0 Å². The molecule has 0 aromatic carbocycles. The number of rotatable bonds is 4. The fraction of sp³-hybridized carbons (Fsp3) is 0.455. The van der Waals surface area contributed by atoms with Crippen LogP contribution in [0.2, 0.25) is 0 Å². The molecule has 6 heteroatoms. The van der Waals surface area contributed by atoms with E-state index in [1.54, 1.807) is 13.1 Å². The molecule has 0 unspecified atom stereocenters. The minimum atomic E-state index is 0. The van der Waals surface area contributed by atoms with E-state index in [-0.39, 0.29) is 24.0 Å². The van der Waals surface area contributed by atoms with E-state index in [0.717, 1.165) is 11.5 Å². The molecule has 1 heterocycles. The maximum atomic E-state index is 5.44. The normalized spacial score (nSPS) is 10.6. The summed E-state index contributed by atoms with van der Waals surface area (Å²) in [6.07, 6.45) is 1.77. The molecule has 0 aliphatic heterocycles. The molecule has 0 aliphatic rings. The lowest BCUT2D eigenvalue weighted by Gasteiger charge is -2.07. The van der Waals surface area contributed by atoms with Gasteiger partial charge in [-0.1, -0.05) is 6.08 Å². The number of nitrogens with zero attached hydrogens (tertiary/aromatic N) is 2. The third-order valence-electron chi connectivity index (χ3n) is 2.12. The van der Waals surface area contributed by atoms with E-state index >= 15 is 0 Å². The Morgan fingerprint density at radius 1 is 1.47 bits per heavy atom. The van der Waals surface area contributed by atoms with Gasteiger partial charge in [0.1, 0.15) is 5.76 Å². The highest BCUT2D eigenvalue weighted by Crippen LogP contribution is 2.07. The second kappa shape index (κ2) is 8.10. The van der Waals surface area contributed by atoms with Gasteiger partial charge in [-0.25, -0.2) is 4.98 Å². The number of guanidine groups is 1. The highest BCUT2D eigenvalue weighted by atomic mass is 127. The number of aromatic nitrogens is 1. The summed E-state index contributed by atoms with van der Waals surface area (Å²) in [5, 5.41) is 6.16. The van der Waals surface area contributed by atoms with E-state index in [1.807, 2.05) is 13.8 Å². The van der Waals surface area contributed by atoms with Crippen LogP contribution in [0.3, 0.4) is 0 Å². The smallest absolute Gasteiger partial charge is 0.214 e. The minimum absolute atomic E-state index is 0. The molecular weight excluding hydrogens is 331 g/mol. The van der Waals surface area contributed by atoms with Gasteiger partial charge in [0.15, 0.2) is 5.96 Å². The van der Waals surface area contributed by atoms with Crippen LogP contribution in [-0.4, -0.2) is 24.5 Å². The Hall–Kier alpha value is -1.05. The molecule has 0 radical (unpaired) electrons. The molecule has 17 heavy (non-hydrogen) atoms. The summed E-state index contributed by atoms with van der Waals surface area (Å²) in [7, 11) is 1.71. The van der Waals surface area contributed by atoms with Crippen molar-refractivity contribution in [3.63, 3.8) is 0 Å². The summed E-state index contributed by atoms with van der Waals surface area (Å²) < 4.78 is 5.44. The van der Waals surface area contributed by atoms with Crippen LogP contribution in [0.1, 0.15) is 17.3 Å². The van der Waals surface area contributed by atoms with Crippen molar-refractivity contribution >= 4 is 29.9 Å². The van der Waals surface area contributed by atoms with Gasteiger partial charge in [-0.2, -0.15) is 0 Å². The largest absolute Gasteiger partial charge is 0.444 e. The number of aliphatic imine (C=N–C) groups is 1. The molecule has 0 fully saturated rings. The molecule has 0 bridgehead atoms. The fourth-order valence-corrected chi connectivity index (χ4v) is 1.16. The van der Waals surface area contributed by atoms with Gasteiger partial charge in [-0.15, -0.1) is 30.6 Å². The van der Waals surface area contributed by atoms with E-state index in [2.05, 4.69) is 27.2 Å². The summed E-state index contributed by atoms with van der Waals surface area (Å²) in [4.78, 5) is 8.31. The Balaban J connectivity index is 0.00000256. The van der Waals surface area contributed by atoms with Gasteiger partial charge in [-0.3, -0.25) is 4.99 Å². The van der Waals surface area contributed by atoms with Crippen LogP contribution in [0.25, 0.3) is 0 Å². The first-order chi connectivity index (χ1) is 7.67. The monoisotopic (exact) mass is 350 g/mol. The Bertz CT molecular complexity index is 367. The summed E-state index contributed by atoms with van der Waals surface area (Å²) in [6.45, 7) is 8.64. The molecule has 1 aromatic heterocycles. The van der Waals surface area contributed by atoms with E-state index in [0.29, 0.717) is 24.9 Å². The molecule has 1 aromatic rings. The number of aryl methyl sites for hydroxylation is 2. The number of oxazole rings is 1. The zero-order valence-electron chi connectivity index (χ0n) is 10.4. The van der Waals surface area contributed by atoms with Gasteiger partial charge in [0.05, 0.1) is 12.2 Å². The van der Waals surface area contributed by atoms with E-state index in [1.165, 1.54) is 0 Å². The zero-order valence-corrected chi connectivity index (χ0v) is 12.7. The number of hydrogen-bond donors (Lipinski definition) is 2. The lowest BCUT2D eigenvalue weighted by atomic mass is 10.4. The first-order valence-corrected chi connectivity index (χ1v) is 5.15. The Morgan fingerprint density at radius 2 is 2.18 bits per heavy atom. The summed E-state index contributed by atoms with van der Waals surface area (Å²) in [5.74, 6) is 2.22. The Kier molecular flexibility index (Phi) is 7.60. The molecule has 2 N–H and O–H groups in total. The van der Waals surface area contributed by atoms with E-state index in [9.17, 15) is 0 Å². The summed E-state index contributed by atoms with van der Waals surface area (Å²) in [5.41, 5.74) is 0.922. The average molecular weight is 350 g/mol. The quantitative estimate of drug-likeness (QED) is 0.376. The van der Waals surface area contributed by atoms with Crippen molar-refractivity contribution in [1.82, 2.24) is 15.6 Å². The lowest BCUT2D eigenvalue weighted by molar-refractivity contribution is 0.464. The lowest BCUT2D eigenvalue weighted by Crippen LogP contribution is -2.36. The van der Waals surface area contributed by atoms with Crippen molar-refractivity contribution in [3.8, 4) is 0 Å². The standard InChI is InChI=1S/C11H18N4O.HI/c1-5-6-13-11(12-4)14-7-10-15-8(2)9(3)16-10;/h5H,1,6-7H2,2-4H3,(H2,12,13,14);1H. The Labute approximate surface area is 119 Å². The molecule has 0 saturated heterocycles. The van der Waals surface area contributed by atoms with Gasteiger partial charge >= 0.3 is 0 Å². The number of nitrogens with one attached hydrogen (secondary N) is 2. The average Bonchev–Trinajstić information content (AvgIpc) is 2.59. The molecule has 0 atom stereocenters. The second-order valence-corrected chi connectivity index (χ2v) is 3.34. The van der Waals surface area contributed by atoms with Crippen molar-refractivity contribution in [2.45, 2.75) is 20.4 Å². The molecule has 0 saturated carbocycles. The predicted octanol–water partition coefficient (Wildman–Crippen LogP) is 1.76. The van der Waals surface area contributed by atoms with Gasteiger partial charge in [0.2, 0.25) is 5.89 Å². The molecule has 0 aliphatic carbocycles. The summed E-state index contributed by atoms with van der Waals surface area (Å²) in [6, 6.07) is 0. The molecule has 0 amide bonds. The maximum Gasteiger partial charge on any atom is 0.214 e. The third-order valence-corrected chi connectivity index (χ3v) is 2.12.